The Morgan fingerprint density at radius 1 is 0.285 bits per heavy atom. The first-order chi connectivity index (χ1) is 68.3. The summed E-state index contributed by atoms with van der Waals surface area (Å²) in [6.45, 7) is 7.86. The number of aryl methyl sites for hydroxylation is 1. The predicted octanol–water partition coefficient (Wildman–Crippen LogP) is 22.5. The van der Waals surface area contributed by atoms with E-state index in [-0.39, 0.29) is 82.5 Å². The van der Waals surface area contributed by atoms with E-state index in [0.29, 0.717) is 14.5 Å². The molecule has 5 radical (unpaired) electrons. The molecule has 0 saturated heterocycles. The van der Waals surface area contributed by atoms with Gasteiger partial charge in [-0.15, -0.1) is 0 Å². The third-order valence-electron chi connectivity index (χ3n) is 24.7. The molecule has 144 heavy (non-hydrogen) atoms. The van der Waals surface area contributed by atoms with Crippen LogP contribution in [0.3, 0.4) is 0 Å². The van der Waals surface area contributed by atoms with Crippen molar-refractivity contribution in [3.63, 3.8) is 0 Å². The van der Waals surface area contributed by atoms with Gasteiger partial charge in [0.1, 0.15) is 0 Å². The number of benzene rings is 10. The van der Waals surface area contributed by atoms with Crippen LogP contribution in [0.25, 0.3) is 208 Å². The van der Waals surface area contributed by atoms with Crippen LogP contribution in [0, 0.1) is 30.3 Å². The molecule has 0 aliphatic carbocycles. The van der Waals surface area contributed by atoms with Crippen molar-refractivity contribution in [3.05, 3.63) is 395 Å². The van der Waals surface area contributed by atoms with Crippen LogP contribution < -0.4 is 31.1 Å². The van der Waals surface area contributed by atoms with Gasteiger partial charge in [-0.25, -0.2) is 0 Å². The molecule has 25 heteroatoms. The van der Waals surface area contributed by atoms with E-state index in [1.807, 2.05) is 201 Å². The molecular weight excluding hydrogens is 2470 g/mol. The number of thiophene rings is 1. The molecule has 0 fully saturated rings. The Hall–Kier alpha value is -10.4. The molecule has 0 unspecified atom stereocenters. The van der Waals surface area contributed by atoms with E-state index in [4.69, 9.17) is 29.3 Å². The summed E-state index contributed by atoms with van der Waals surface area (Å²) in [6, 6.07) is 131. The standard InChI is InChI=1S/C28H26GeN2Se.C25H19N3Se.C22H12N2OSe.C22H12N2SSe.C22H12N2Se2.5Ni/c1-3-16-29(17-4-2)22-11-8-13-26(32)27(22)28-23(29)14-15-25(31-28)21-10-7-9-20(19-21)24-12-5-6-18-30-24;1-2-15-28-21-10-6-11-23(29)24(21)25-22(28)13-12-20(27-25)18-8-5-7-17(16-18)19-9-3-4-14-26-19;2*26-20-9-4-8-18-21(20)22-19(25-18)11-10-17(24-22)15-6-3-5-14(13-15)16-7-1-2-12-23-16;25-18-8-4-9-19-21(18)22-20(26-19)11-10-17(24-22)15-6-3-5-14(13-15)16-7-1-2-12-23-16;;;;;/h5-15,18H,3-4,16-17H2,1-2H3;3-14H,2,15H2,1H3;3*1-12H;;;;;/q5*-1;;;;;. The van der Waals surface area contributed by atoms with Crippen molar-refractivity contribution < 1.29 is 86.9 Å². The summed E-state index contributed by atoms with van der Waals surface area (Å²) in [5.74, 6) is 0. The average molecular weight is 2550 g/mol. The van der Waals surface area contributed by atoms with Crippen molar-refractivity contribution in [1.82, 2.24) is 54.4 Å². The maximum absolute atomic E-state index is 5.91. The van der Waals surface area contributed by atoms with Gasteiger partial charge in [-0.3, -0.25) is 0 Å². The molecule has 0 saturated carbocycles. The number of hydrogen-bond donors (Lipinski definition) is 0. The van der Waals surface area contributed by atoms with Crippen LogP contribution in [0.2, 0.25) is 10.5 Å². The van der Waals surface area contributed by atoms with Crippen molar-refractivity contribution >= 4 is 234 Å². The molecule has 24 aromatic rings. The van der Waals surface area contributed by atoms with Gasteiger partial charge in [0.25, 0.3) is 0 Å². The third-order valence-corrected chi connectivity index (χ3v) is 43.4. The van der Waals surface area contributed by atoms with Crippen LogP contribution in [0.4, 0.5) is 0 Å². The number of hydrogen-bond acceptors (Lipinski definition) is 12. The summed E-state index contributed by atoms with van der Waals surface area (Å²) in [4.78, 5) is 47.4. The first-order valence-electron chi connectivity index (χ1n) is 45.9. The van der Waals surface area contributed by atoms with Gasteiger partial charge in [0.05, 0.1) is 0 Å². The molecule has 25 rings (SSSR count). The first-order valence-corrected chi connectivity index (χ1v) is 57.8. The second kappa shape index (κ2) is 48.5. The zero-order valence-corrected chi connectivity index (χ0v) is 95.3. The molecule has 0 spiro atoms. The molecule has 719 valence electrons. The van der Waals surface area contributed by atoms with Gasteiger partial charge < -0.3 is 0 Å². The molecule has 0 N–H and O–H groups in total. The second-order valence-electron chi connectivity index (χ2n) is 33.5. The van der Waals surface area contributed by atoms with Gasteiger partial charge in [-0.05, 0) is 0 Å². The summed E-state index contributed by atoms with van der Waals surface area (Å²) < 4.78 is 22.4. The Kier molecular flexibility index (Phi) is 35.9. The number of fused-ring (bicyclic) bond motifs is 15. The second-order valence-corrected chi connectivity index (χ2v) is 50.4. The Morgan fingerprint density at radius 3 is 1.16 bits per heavy atom. The molecule has 12 nitrogen and oxygen atoms in total. The SMILES string of the molecule is CCCn1c2ccc(-c3[c-]c(-c4ccccn4)ccc3)nc2c2c([Se])cccc21.CC[CH2][Ge]1([CH2]CC)[c]2ccc(-c3[c-]c(-c4ccccn4)ccc3)nc2-c2c([Se])ccc[c]21.[Ni].[Ni].[Ni].[Ni].[Ni].[Se]c1cccc2[se]c3ccc(-c4[c-]c(-c5ccccn5)ccc4)nc3c12.[Se]c1cccc2oc3ccc(-c4[c-]c(-c5ccccn5)ccc4)nc3c12.[Se]c1cccc2sc3ccc(-c4[c-]c(-c5ccccn5)ccc4)nc3c12. The van der Waals surface area contributed by atoms with Crippen molar-refractivity contribution in [1.29, 1.82) is 0 Å². The van der Waals surface area contributed by atoms with Gasteiger partial charge in [0.2, 0.25) is 0 Å². The topological polar surface area (TPSA) is 147 Å². The summed E-state index contributed by atoms with van der Waals surface area (Å²) in [5.41, 5.74) is 29.7. The quantitative estimate of drug-likeness (QED) is 0.0673. The fourth-order valence-corrected chi connectivity index (χ4v) is 37.2. The Labute approximate surface area is 940 Å². The molecule has 0 atom stereocenters. The van der Waals surface area contributed by atoms with E-state index in [2.05, 4.69) is 312 Å². The maximum atomic E-state index is 5.91. The van der Waals surface area contributed by atoms with Crippen molar-refractivity contribution in [3.8, 4) is 124 Å². The van der Waals surface area contributed by atoms with Crippen LogP contribution in [0.15, 0.2) is 369 Å². The van der Waals surface area contributed by atoms with Crippen LogP contribution in [0.1, 0.15) is 40.0 Å². The Morgan fingerprint density at radius 2 is 0.674 bits per heavy atom. The molecule has 14 aromatic heterocycles. The van der Waals surface area contributed by atoms with Gasteiger partial charge in [-0.2, -0.15) is 0 Å². The summed E-state index contributed by atoms with van der Waals surface area (Å²) in [6.07, 6.45) is 12.6. The molecule has 0 bridgehead atoms. The molecule has 1 aliphatic heterocycles. The number of furan rings is 1. The summed E-state index contributed by atoms with van der Waals surface area (Å²) in [5, 5.41) is 7.35. The number of pyridine rings is 10. The van der Waals surface area contributed by atoms with Gasteiger partial charge in [-0.1, -0.05) is 0 Å². The van der Waals surface area contributed by atoms with E-state index >= 15 is 0 Å². The fourth-order valence-electron chi connectivity index (χ4n) is 18.5. The zero-order chi connectivity index (χ0) is 94.5. The van der Waals surface area contributed by atoms with Crippen LogP contribution in [0.5, 0.6) is 0 Å². The summed E-state index contributed by atoms with van der Waals surface area (Å²) in [7, 11) is 0. The number of nitrogens with zero attached hydrogens (tertiary/aromatic N) is 11. The van der Waals surface area contributed by atoms with Crippen LogP contribution in [-0.2, 0) is 89.0 Å². The van der Waals surface area contributed by atoms with Crippen molar-refractivity contribution in [2.75, 3.05) is 0 Å². The average Bonchev–Trinajstić information content (AvgIpc) is 1.56. The minimum atomic E-state index is -2.44. The monoisotopic (exact) mass is 2550 g/mol. The molecule has 10 aromatic carbocycles. The minimum absolute atomic E-state index is 0. The van der Waals surface area contributed by atoms with Gasteiger partial charge >= 0.3 is 869 Å². The van der Waals surface area contributed by atoms with Gasteiger partial charge in [0, 0.05) is 82.5 Å². The Bertz CT molecular complexity index is 8220. The fraction of sp³-hybridized carbons (Fsp3) is 0.0756. The number of aromatic nitrogens is 11. The normalized spacial score (nSPS) is 11.4. The molecule has 0 amide bonds. The zero-order valence-electron chi connectivity index (χ0n) is 77.2. The van der Waals surface area contributed by atoms with E-state index < -0.39 is 13.3 Å². The number of rotatable bonds is 16. The van der Waals surface area contributed by atoms with E-state index in [0.717, 1.165) is 178 Å². The van der Waals surface area contributed by atoms with E-state index in [9.17, 15) is 0 Å². The van der Waals surface area contributed by atoms with Gasteiger partial charge in [0.15, 0.2) is 0 Å². The van der Waals surface area contributed by atoms with E-state index in [1.54, 1.807) is 32.5 Å². The first kappa shape index (κ1) is 106. The summed E-state index contributed by atoms with van der Waals surface area (Å²) >= 11 is 15.7. The third kappa shape index (κ3) is 22.3. The van der Waals surface area contributed by atoms with Crippen LogP contribution >= 0.6 is 11.3 Å². The Balaban J connectivity index is 0.000000128. The molecule has 1 aliphatic rings. The molecular formula is C119H81GeN11Ni5OSSe6-5. The van der Waals surface area contributed by atoms with Crippen molar-refractivity contribution in [2.24, 2.45) is 0 Å². The van der Waals surface area contributed by atoms with Crippen LogP contribution in [-0.4, -0.2) is 162 Å². The van der Waals surface area contributed by atoms with Crippen molar-refractivity contribution in [2.45, 2.75) is 57.1 Å². The predicted molar refractivity (Wildman–Crippen MR) is 582 cm³/mol. The molecule has 15 heterocycles. The van der Waals surface area contributed by atoms with E-state index in [1.165, 1.54) is 88.6 Å².